The fourth-order valence-corrected chi connectivity index (χ4v) is 4.10. The summed E-state index contributed by atoms with van der Waals surface area (Å²) >= 11 is 0. The first kappa shape index (κ1) is 19.3. The first-order valence-corrected chi connectivity index (χ1v) is 10.8. The standard InChI is InChI=1S/C29H26N2/c1-29(2,3)23-18-19-26(24(20-23)21-12-6-4-7-13-21)31-27-17-11-10-16-25(27)30-28(31)22-14-8-5-9-15-22/h4-20H,1-3H3. The van der Waals surface area contributed by atoms with Gasteiger partial charge in [-0.3, -0.25) is 4.57 Å². The molecule has 5 rings (SSSR count). The number of nitrogens with zero attached hydrogens (tertiary/aromatic N) is 2. The van der Waals surface area contributed by atoms with Gasteiger partial charge in [-0.05, 0) is 40.8 Å². The number of aromatic nitrogens is 2. The Balaban J connectivity index is 1.85. The maximum Gasteiger partial charge on any atom is 0.145 e. The Hall–Kier alpha value is -3.65. The molecule has 4 aromatic carbocycles. The van der Waals surface area contributed by atoms with Crippen molar-refractivity contribution in [1.29, 1.82) is 0 Å². The molecule has 0 aliphatic heterocycles. The molecule has 0 unspecified atom stereocenters. The van der Waals surface area contributed by atoms with Gasteiger partial charge in [-0.2, -0.15) is 0 Å². The third kappa shape index (κ3) is 3.55. The average molecular weight is 403 g/mol. The highest BCUT2D eigenvalue weighted by Gasteiger charge is 2.20. The second-order valence-electron chi connectivity index (χ2n) is 8.97. The monoisotopic (exact) mass is 402 g/mol. The Morgan fingerprint density at radius 1 is 0.645 bits per heavy atom. The van der Waals surface area contributed by atoms with Gasteiger partial charge >= 0.3 is 0 Å². The molecule has 0 saturated heterocycles. The van der Waals surface area contributed by atoms with Crippen molar-refractivity contribution in [2.45, 2.75) is 26.2 Å². The van der Waals surface area contributed by atoms with Crippen LogP contribution in [0.3, 0.4) is 0 Å². The summed E-state index contributed by atoms with van der Waals surface area (Å²) in [6.07, 6.45) is 0. The van der Waals surface area contributed by atoms with Crippen molar-refractivity contribution in [1.82, 2.24) is 9.55 Å². The minimum Gasteiger partial charge on any atom is -0.292 e. The molecule has 5 aromatic rings. The van der Waals surface area contributed by atoms with Gasteiger partial charge in [0.25, 0.3) is 0 Å². The molecule has 0 aliphatic rings. The summed E-state index contributed by atoms with van der Waals surface area (Å²) in [5.41, 5.74) is 8.18. The molecule has 1 aromatic heterocycles. The number of imidazole rings is 1. The maximum absolute atomic E-state index is 5.03. The van der Waals surface area contributed by atoms with Crippen LogP contribution in [0, 0.1) is 0 Å². The highest BCUT2D eigenvalue weighted by Crippen LogP contribution is 2.36. The molecule has 0 bridgehead atoms. The molecule has 0 saturated carbocycles. The molecular formula is C29H26N2. The molecule has 2 heteroatoms. The Bertz CT molecular complexity index is 1340. The summed E-state index contributed by atoms with van der Waals surface area (Å²) in [6.45, 7) is 6.79. The van der Waals surface area contributed by atoms with Crippen molar-refractivity contribution in [3.63, 3.8) is 0 Å². The van der Waals surface area contributed by atoms with Crippen LogP contribution in [0.4, 0.5) is 0 Å². The normalized spacial score (nSPS) is 11.7. The van der Waals surface area contributed by atoms with Gasteiger partial charge in [0, 0.05) is 11.1 Å². The van der Waals surface area contributed by atoms with E-state index in [4.69, 9.17) is 4.98 Å². The lowest BCUT2D eigenvalue weighted by Gasteiger charge is -2.23. The summed E-state index contributed by atoms with van der Waals surface area (Å²) in [5, 5.41) is 0. The molecular weight excluding hydrogens is 376 g/mol. The predicted octanol–water partition coefficient (Wildman–Crippen LogP) is 7.66. The first-order chi connectivity index (χ1) is 15.0. The van der Waals surface area contributed by atoms with Crippen LogP contribution in [0.1, 0.15) is 26.3 Å². The molecule has 152 valence electrons. The quantitative estimate of drug-likeness (QED) is 0.303. The van der Waals surface area contributed by atoms with E-state index < -0.39 is 0 Å². The number of hydrogen-bond donors (Lipinski definition) is 0. The zero-order valence-corrected chi connectivity index (χ0v) is 18.2. The zero-order valence-electron chi connectivity index (χ0n) is 18.2. The summed E-state index contributed by atoms with van der Waals surface area (Å²) in [7, 11) is 0. The number of fused-ring (bicyclic) bond motifs is 1. The van der Waals surface area contributed by atoms with E-state index in [9.17, 15) is 0 Å². The zero-order chi connectivity index (χ0) is 21.4. The van der Waals surface area contributed by atoms with Crippen LogP contribution < -0.4 is 0 Å². The van der Waals surface area contributed by atoms with E-state index in [-0.39, 0.29) is 5.41 Å². The van der Waals surface area contributed by atoms with E-state index in [0.29, 0.717) is 0 Å². The fourth-order valence-electron chi connectivity index (χ4n) is 4.10. The summed E-state index contributed by atoms with van der Waals surface area (Å²) in [4.78, 5) is 5.03. The predicted molar refractivity (Wildman–Crippen MR) is 131 cm³/mol. The molecule has 2 nitrogen and oxygen atoms in total. The van der Waals surface area contributed by atoms with E-state index in [1.165, 1.54) is 16.7 Å². The SMILES string of the molecule is CC(C)(C)c1ccc(-n2c(-c3ccccc3)nc3ccccc32)c(-c2ccccc2)c1. The number of hydrogen-bond acceptors (Lipinski definition) is 1. The highest BCUT2D eigenvalue weighted by atomic mass is 15.1. The highest BCUT2D eigenvalue weighted by molar-refractivity contribution is 5.86. The maximum atomic E-state index is 5.03. The Morgan fingerprint density at radius 2 is 1.26 bits per heavy atom. The summed E-state index contributed by atoms with van der Waals surface area (Å²) in [5.74, 6) is 0.961. The Kier molecular flexibility index (Phi) is 4.71. The summed E-state index contributed by atoms with van der Waals surface area (Å²) < 4.78 is 2.30. The van der Waals surface area contributed by atoms with Crippen molar-refractivity contribution in [2.75, 3.05) is 0 Å². The van der Waals surface area contributed by atoms with E-state index >= 15 is 0 Å². The van der Waals surface area contributed by atoms with Gasteiger partial charge in [0.2, 0.25) is 0 Å². The van der Waals surface area contributed by atoms with Gasteiger partial charge in [0.05, 0.1) is 16.7 Å². The third-order valence-corrected chi connectivity index (χ3v) is 5.78. The van der Waals surface area contributed by atoms with Crippen molar-refractivity contribution in [3.8, 4) is 28.2 Å². The number of para-hydroxylation sites is 2. The lowest BCUT2D eigenvalue weighted by atomic mass is 9.85. The van der Waals surface area contributed by atoms with Gasteiger partial charge in [-0.15, -0.1) is 0 Å². The van der Waals surface area contributed by atoms with E-state index in [1.807, 2.05) is 6.07 Å². The molecule has 0 fully saturated rings. The second-order valence-corrected chi connectivity index (χ2v) is 8.97. The largest absolute Gasteiger partial charge is 0.292 e. The van der Waals surface area contributed by atoms with E-state index in [2.05, 4.69) is 122 Å². The summed E-state index contributed by atoms with van der Waals surface area (Å²) in [6, 6.07) is 36.3. The fraction of sp³-hybridized carbons (Fsp3) is 0.138. The third-order valence-electron chi connectivity index (χ3n) is 5.78. The lowest BCUT2D eigenvalue weighted by Crippen LogP contribution is -2.12. The van der Waals surface area contributed by atoms with Crippen molar-refractivity contribution in [2.24, 2.45) is 0 Å². The van der Waals surface area contributed by atoms with Crippen LogP contribution in [0.2, 0.25) is 0 Å². The first-order valence-electron chi connectivity index (χ1n) is 10.8. The van der Waals surface area contributed by atoms with Gasteiger partial charge < -0.3 is 0 Å². The lowest BCUT2D eigenvalue weighted by molar-refractivity contribution is 0.590. The topological polar surface area (TPSA) is 17.8 Å². The molecule has 0 amide bonds. The minimum atomic E-state index is 0.0708. The molecule has 0 aliphatic carbocycles. The smallest absolute Gasteiger partial charge is 0.145 e. The van der Waals surface area contributed by atoms with Crippen molar-refractivity contribution in [3.05, 3.63) is 109 Å². The number of benzene rings is 4. The Labute approximate surface area is 183 Å². The molecule has 0 spiro atoms. The van der Waals surface area contributed by atoms with E-state index in [0.717, 1.165) is 28.1 Å². The second kappa shape index (κ2) is 7.55. The van der Waals surface area contributed by atoms with Gasteiger partial charge in [0.1, 0.15) is 5.82 Å². The van der Waals surface area contributed by atoms with Crippen LogP contribution in [0.15, 0.2) is 103 Å². The van der Waals surface area contributed by atoms with Gasteiger partial charge in [-0.25, -0.2) is 4.98 Å². The van der Waals surface area contributed by atoms with Crippen LogP contribution in [-0.2, 0) is 5.41 Å². The molecule has 0 radical (unpaired) electrons. The van der Waals surface area contributed by atoms with Gasteiger partial charge in [0.15, 0.2) is 0 Å². The van der Waals surface area contributed by atoms with Crippen molar-refractivity contribution < 1.29 is 0 Å². The Morgan fingerprint density at radius 3 is 1.94 bits per heavy atom. The van der Waals surface area contributed by atoms with Crippen LogP contribution in [0.25, 0.3) is 39.2 Å². The average Bonchev–Trinajstić information content (AvgIpc) is 3.19. The molecule has 1 heterocycles. The van der Waals surface area contributed by atoms with Crippen LogP contribution >= 0.6 is 0 Å². The van der Waals surface area contributed by atoms with Crippen LogP contribution in [-0.4, -0.2) is 9.55 Å². The van der Waals surface area contributed by atoms with Crippen molar-refractivity contribution >= 4 is 11.0 Å². The molecule has 31 heavy (non-hydrogen) atoms. The van der Waals surface area contributed by atoms with Crippen LogP contribution in [0.5, 0.6) is 0 Å². The van der Waals surface area contributed by atoms with E-state index in [1.54, 1.807) is 0 Å². The molecule has 0 atom stereocenters. The minimum absolute atomic E-state index is 0.0708. The molecule has 0 N–H and O–H groups in total. The number of rotatable bonds is 3. The van der Waals surface area contributed by atoms with Gasteiger partial charge in [-0.1, -0.05) is 99.6 Å².